The van der Waals surface area contributed by atoms with Crippen molar-refractivity contribution in [1.29, 1.82) is 0 Å². The zero-order chi connectivity index (χ0) is 28.0. The van der Waals surface area contributed by atoms with Crippen molar-refractivity contribution < 1.29 is 18.0 Å². The van der Waals surface area contributed by atoms with Gasteiger partial charge in [0.1, 0.15) is 12.6 Å². The number of benzene rings is 3. The zero-order valence-electron chi connectivity index (χ0n) is 20.5. The first kappa shape index (κ1) is 30.1. The fourth-order valence-electron chi connectivity index (χ4n) is 3.68. The Kier molecular flexibility index (Phi) is 10.3. The molecule has 0 aliphatic carbocycles. The average Bonchev–Trinajstić information content (AvgIpc) is 2.89. The molecule has 0 saturated heterocycles. The summed E-state index contributed by atoms with van der Waals surface area (Å²) in [5.74, 6) is -1.11. The number of halogens is 4. The normalized spacial score (nSPS) is 12.1. The summed E-state index contributed by atoms with van der Waals surface area (Å²) in [5, 5.41) is 3.35. The monoisotopic (exact) mass is 615 g/mol. The molecular weight excluding hydrogens is 592 g/mol. The number of carbonyl (C=O) groups excluding carboxylic acids is 2. The summed E-state index contributed by atoms with van der Waals surface area (Å²) in [7, 11) is -4.28. The Labute approximate surface area is 242 Å². The van der Waals surface area contributed by atoms with Gasteiger partial charge in [-0.15, -0.1) is 0 Å². The summed E-state index contributed by atoms with van der Waals surface area (Å²) in [4.78, 5) is 27.8. The number of sulfonamides is 1. The minimum Gasteiger partial charge on any atom is -0.355 e. The highest BCUT2D eigenvalue weighted by Crippen LogP contribution is 2.36. The largest absolute Gasteiger partial charge is 0.355 e. The van der Waals surface area contributed by atoms with E-state index in [4.69, 9.17) is 46.4 Å². The maximum atomic E-state index is 13.9. The van der Waals surface area contributed by atoms with Gasteiger partial charge in [0.2, 0.25) is 11.8 Å². The standard InChI is InChI=1S/C26H25Cl4N3O4S/c1-3-31-26(35)17(2)32(15-19-20(27)11-7-12-21(19)28)24(34)16-33(23-14-8-13-22(29)25(23)30)38(36,37)18-9-5-4-6-10-18/h4-14,17H,3,15-16H2,1-2H3,(H,31,35). The quantitative estimate of drug-likeness (QED) is 0.300. The van der Waals surface area contributed by atoms with Crippen molar-refractivity contribution in [3.63, 3.8) is 0 Å². The zero-order valence-corrected chi connectivity index (χ0v) is 24.3. The third kappa shape index (κ3) is 6.74. The van der Waals surface area contributed by atoms with Crippen molar-refractivity contribution in [2.24, 2.45) is 0 Å². The van der Waals surface area contributed by atoms with Gasteiger partial charge in [-0.2, -0.15) is 0 Å². The molecule has 0 aliphatic heterocycles. The van der Waals surface area contributed by atoms with Crippen LogP contribution < -0.4 is 9.62 Å². The molecule has 3 rings (SSSR count). The van der Waals surface area contributed by atoms with Crippen LogP contribution in [0, 0.1) is 0 Å². The summed E-state index contributed by atoms with van der Waals surface area (Å²) in [6.45, 7) is 2.80. The lowest BCUT2D eigenvalue weighted by atomic mass is 10.1. The summed E-state index contributed by atoms with van der Waals surface area (Å²) >= 11 is 25.3. The molecule has 3 aromatic rings. The number of anilines is 1. The highest BCUT2D eigenvalue weighted by atomic mass is 35.5. The van der Waals surface area contributed by atoms with Crippen LogP contribution >= 0.6 is 46.4 Å². The van der Waals surface area contributed by atoms with Gasteiger partial charge in [-0.1, -0.05) is 76.7 Å². The minimum absolute atomic E-state index is 0.0118. The van der Waals surface area contributed by atoms with E-state index in [1.165, 1.54) is 42.2 Å². The van der Waals surface area contributed by atoms with Gasteiger partial charge in [0.05, 0.1) is 20.6 Å². The van der Waals surface area contributed by atoms with E-state index in [2.05, 4.69) is 5.32 Å². The Bertz CT molecular complexity index is 1400. The van der Waals surface area contributed by atoms with Gasteiger partial charge in [-0.25, -0.2) is 8.42 Å². The predicted octanol–water partition coefficient (Wildman–Crippen LogP) is 6.05. The first-order valence-electron chi connectivity index (χ1n) is 11.5. The molecule has 1 atom stereocenters. The Hall–Kier alpha value is -2.49. The van der Waals surface area contributed by atoms with Crippen LogP contribution in [0.1, 0.15) is 19.4 Å². The van der Waals surface area contributed by atoms with E-state index < -0.39 is 34.4 Å². The third-order valence-corrected chi connectivity index (χ3v) is 9.01. The fraction of sp³-hybridized carbons (Fsp3) is 0.231. The molecule has 0 spiro atoms. The van der Waals surface area contributed by atoms with Gasteiger partial charge in [-0.3, -0.25) is 13.9 Å². The van der Waals surface area contributed by atoms with E-state index in [0.717, 1.165) is 4.31 Å². The average molecular weight is 617 g/mol. The number of likely N-dealkylation sites (N-methyl/N-ethyl adjacent to an activating group) is 1. The topological polar surface area (TPSA) is 86.8 Å². The van der Waals surface area contributed by atoms with E-state index >= 15 is 0 Å². The molecule has 202 valence electrons. The summed E-state index contributed by atoms with van der Waals surface area (Å²) in [5.41, 5.74) is 0.427. The van der Waals surface area contributed by atoms with E-state index in [9.17, 15) is 18.0 Å². The van der Waals surface area contributed by atoms with E-state index in [-0.39, 0.29) is 27.2 Å². The molecule has 0 aromatic heterocycles. The van der Waals surface area contributed by atoms with Crippen molar-refractivity contribution in [1.82, 2.24) is 10.2 Å². The second kappa shape index (κ2) is 13.0. The fourth-order valence-corrected chi connectivity index (χ4v) is 6.09. The lowest BCUT2D eigenvalue weighted by Crippen LogP contribution is -2.51. The highest BCUT2D eigenvalue weighted by molar-refractivity contribution is 7.92. The van der Waals surface area contributed by atoms with Gasteiger partial charge in [0.15, 0.2) is 0 Å². The first-order valence-corrected chi connectivity index (χ1v) is 14.5. The van der Waals surface area contributed by atoms with Crippen molar-refractivity contribution in [3.05, 3.63) is 92.4 Å². The van der Waals surface area contributed by atoms with E-state index in [1.54, 1.807) is 43.3 Å². The van der Waals surface area contributed by atoms with Crippen LogP contribution in [-0.4, -0.2) is 44.3 Å². The summed E-state index contributed by atoms with van der Waals surface area (Å²) in [6.07, 6.45) is 0. The van der Waals surface area contributed by atoms with Gasteiger partial charge < -0.3 is 10.2 Å². The van der Waals surface area contributed by atoms with Crippen LogP contribution in [0.2, 0.25) is 20.1 Å². The number of rotatable bonds is 10. The number of carbonyl (C=O) groups is 2. The lowest BCUT2D eigenvalue weighted by molar-refractivity contribution is -0.139. The molecule has 0 aliphatic rings. The minimum atomic E-state index is -4.28. The maximum absolute atomic E-state index is 13.9. The van der Waals surface area contributed by atoms with Crippen LogP contribution in [0.4, 0.5) is 5.69 Å². The van der Waals surface area contributed by atoms with Crippen LogP contribution in [0.5, 0.6) is 0 Å². The predicted molar refractivity (Wildman–Crippen MR) is 153 cm³/mol. The molecule has 3 aromatic carbocycles. The molecule has 12 heteroatoms. The molecule has 0 heterocycles. The Morgan fingerprint density at radius 3 is 2.05 bits per heavy atom. The highest BCUT2D eigenvalue weighted by Gasteiger charge is 2.34. The van der Waals surface area contributed by atoms with Gasteiger partial charge in [-0.05, 0) is 50.2 Å². The van der Waals surface area contributed by atoms with Crippen LogP contribution in [0.3, 0.4) is 0 Å². The number of hydrogen-bond donors (Lipinski definition) is 1. The number of nitrogens with zero attached hydrogens (tertiary/aromatic N) is 2. The van der Waals surface area contributed by atoms with Crippen molar-refractivity contribution in [3.8, 4) is 0 Å². The Morgan fingerprint density at radius 1 is 0.868 bits per heavy atom. The van der Waals surface area contributed by atoms with Gasteiger partial charge >= 0.3 is 0 Å². The smallest absolute Gasteiger partial charge is 0.264 e. The molecule has 38 heavy (non-hydrogen) atoms. The molecule has 1 unspecified atom stereocenters. The van der Waals surface area contributed by atoms with E-state index in [1.807, 2.05) is 0 Å². The van der Waals surface area contributed by atoms with Crippen LogP contribution in [-0.2, 0) is 26.2 Å². The molecule has 0 radical (unpaired) electrons. The van der Waals surface area contributed by atoms with Crippen LogP contribution in [0.25, 0.3) is 0 Å². The van der Waals surface area contributed by atoms with Gasteiger partial charge in [0.25, 0.3) is 10.0 Å². The molecular formula is C26H25Cl4N3O4S. The molecule has 2 amide bonds. The van der Waals surface area contributed by atoms with Crippen LogP contribution in [0.15, 0.2) is 71.6 Å². The third-order valence-electron chi connectivity index (χ3n) is 5.72. The molecule has 0 saturated carbocycles. The second-order valence-electron chi connectivity index (χ2n) is 8.19. The summed E-state index contributed by atoms with van der Waals surface area (Å²) < 4.78 is 28.4. The Balaban J connectivity index is 2.10. The second-order valence-corrected chi connectivity index (χ2v) is 11.7. The van der Waals surface area contributed by atoms with Gasteiger partial charge in [0, 0.05) is 28.7 Å². The maximum Gasteiger partial charge on any atom is 0.264 e. The lowest BCUT2D eigenvalue weighted by Gasteiger charge is -2.32. The van der Waals surface area contributed by atoms with E-state index in [0.29, 0.717) is 22.2 Å². The SMILES string of the molecule is CCNC(=O)C(C)N(Cc1c(Cl)cccc1Cl)C(=O)CN(c1cccc(Cl)c1Cl)S(=O)(=O)c1ccccc1. The van der Waals surface area contributed by atoms with Crippen molar-refractivity contribution in [2.75, 3.05) is 17.4 Å². The number of amides is 2. The number of hydrogen-bond acceptors (Lipinski definition) is 4. The molecule has 1 N–H and O–H groups in total. The van der Waals surface area contributed by atoms with Crippen molar-refractivity contribution in [2.45, 2.75) is 31.3 Å². The number of nitrogens with one attached hydrogen (secondary N) is 1. The molecule has 7 nitrogen and oxygen atoms in total. The molecule has 0 fully saturated rings. The van der Waals surface area contributed by atoms with Crippen molar-refractivity contribution >= 4 is 73.9 Å². The Morgan fingerprint density at radius 2 is 1.45 bits per heavy atom. The first-order chi connectivity index (χ1) is 18.0. The summed E-state index contributed by atoms with van der Waals surface area (Å²) in [6, 6.07) is 16.0. The molecule has 0 bridgehead atoms.